The molecule has 4 rings (SSSR count). The molecule has 0 aromatic heterocycles. The fourth-order valence-electron chi connectivity index (χ4n) is 4.80. The Morgan fingerprint density at radius 2 is 2.00 bits per heavy atom. The Kier molecular flexibility index (Phi) is 4.43. The van der Waals surface area contributed by atoms with Crippen LogP contribution in [-0.2, 0) is 29.5 Å². The van der Waals surface area contributed by atoms with Gasteiger partial charge in [0, 0.05) is 44.0 Å². The summed E-state index contributed by atoms with van der Waals surface area (Å²) in [6, 6.07) is 6.37. The fourth-order valence-corrected chi connectivity index (χ4v) is 4.80. The Hall–Kier alpha value is -2.78. The minimum atomic E-state index is -1.38. The van der Waals surface area contributed by atoms with Crippen molar-refractivity contribution in [2.75, 3.05) is 25.6 Å². The smallest absolute Gasteiger partial charge is 0.250 e. The highest BCUT2D eigenvalue weighted by molar-refractivity contribution is 6.15. The molecule has 1 aromatic carbocycles. The van der Waals surface area contributed by atoms with E-state index in [9.17, 15) is 19.2 Å². The van der Waals surface area contributed by atoms with Crippen molar-refractivity contribution in [2.45, 2.75) is 24.4 Å². The average molecular weight is 386 g/mol. The quantitative estimate of drug-likeness (QED) is 0.439. The van der Waals surface area contributed by atoms with Crippen molar-refractivity contribution in [3.63, 3.8) is 0 Å². The van der Waals surface area contributed by atoms with Crippen molar-refractivity contribution in [1.29, 1.82) is 0 Å². The molecule has 2 fully saturated rings. The molecule has 3 heterocycles. The second kappa shape index (κ2) is 6.68. The Balaban J connectivity index is 1.78. The second-order valence-corrected chi connectivity index (χ2v) is 7.41. The lowest BCUT2D eigenvalue weighted by Gasteiger charge is -2.29. The number of likely N-dealkylation sites (tertiary alicyclic amines) is 1. The number of carbonyl (C=O) groups is 4. The molecule has 4 N–H and O–H groups in total. The largest absolute Gasteiger partial charge is 0.385 e. The third-order valence-corrected chi connectivity index (χ3v) is 5.86. The first kappa shape index (κ1) is 18.6. The zero-order valence-electron chi connectivity index (χ0n) is 15.4. The van der Waals surface area contributed by atoms with Crippen molar-refractivity contribution in [1.82, 2.24) is 10.2 Å². The number of nitrogens with two attached hydrogens (primary N) is 1. The van der Waals surface area contributed by atoms with E-state index in [0.717, 1.165) is 0 Å². The van der Waals surface area contributed by atoms with E-state index in [1.807, 2.05) is 0 Å². The van der Waals surface area contributed by atoms with E-state index in [2.05, 4.69) is 10.6 Å². The molecular weight excluding hydrogens is 364 g/mol. The molecule has 0 aliphatic carbocycles. The van der Waals surface area contributed by atoms with Crippen LogP contribution in [-0.4, -0.2) is 54.8 Å². The number of imide groups is 1. The summed E-state index contributed by atoms with van der Waals surface area (Å²) in [5, 5.41) is 5.95. The summed E-state index contributed by atoms with van der Waals surface area (Å²) >= 11 is 0. The molecule has 0 radical (unpaired) electrons. The number of ether oxygens (including phenoxy) is 1. The third kappa shape index (κ3) is 2.46. The lowest BCUT2D eigenvalue weighted by atomic mass is 9.76. The average Bonchev–Trinajstić information content (AvgIpc) is 3.22. The molecule has 1 aromatic rings. The van der Waals surface area contributed by atoms with Gasteiger partial charge in [0.05, 0.1) is 11.8 Å². The van der Waals surface area contributed by atoms with E-state index in [-0.39, 0.29) is 18.9 Å². The predicted molar refractivity (Wildman–Crippen MR) is 97.7 cm³/mol. The summed E-state index contributed by atoms with van der Waals surface area (Å²) < 4.78 is 5.01. The van der Waals surface area contributed by atoms with Crippen LogP contribution in [0.15, 0.2) is 24.3 Å². The second-order valence-electron chi connectivity index (χ2n) is 7.41. The van der Waals surface area contributed by atoms with E-state index in [0.29, 0.717) is 24.3 Å². The molecule has 3 aliphatic rings. The number of anilines is 1. The van der Waals surface area contributed by atoms with Gasteiger partial charge in [-0.1, -0.05) is 18.2 Å². The zero-order chi connectivity index (χ0) is 20.1. The molecule has 148 valence electrons. The maximum atomic E-state index is 13.3. The molecule has 4 unspecified atom stereocenters. The van der Waals surface area contributed by atoms with Gasteiger partial charge in [-0.15, -0.1) is 0 Å². The maximum absolute atomic E-state index is 13.3. The van der Waals surface area contributed by atoms with Gasteiger partial charge in [-0.3, -0.25) is 29.4 Å². The summed E-state index contributed by atoms with van der Waals surface area (Å²) in [7, 11) is 1.55. The molecule has 2 saturated heterocycles. The highest BCUT2D eigenvalue weighted by atomic mass is 16.5. The van der Waals surface area contributed by atoms with Crippen LogP contribution in [0.4, 0.5) is 5.69 Å². The minimum Gasteiger partial charge on any atom is -0.385 e. The monoisotopic (exact) mass is 386 g/mol. The van der Waals surface area contributed by atoms with Crippen molar-refractivity contribution < 1.29 is 23.9 Å². The minimum absolute atomic E-state index is 0.136. The van der Waals surface area contributed by atoms with Gasteiger partial charge >= 0.3 is 0 Å². The molecule has 4 atom stereocenters. The van der Waals surface area contributed by atoms with Crippen LogP contribution in [0.5, 0.6) is 0 Å². The summed E-state index contributed by atoms with van der Waals surface area (Å²) in [5.41, 5.74) is 5.20. The summed E-state index contributed by atoms with van der Waals surface area (Å²) in [4.78, 5) is 52.2. The van der Waals surface area contributed by atoms with Crippen LogP contribution in [0.1, 0.15) is 18.4 Å². The predicted octanol–water partition coefficient (Wildman–Crippen LogP) is -0.681. The van der Waals surface area contributed by atoms with Crippen LogP contribution in [0.25, 0.3) is 0 Å². The fraction of sp³-hybridized carbons (Fsp3) is 0.474. The molecule has 9 heteroatoms. The normalized spacial score (nSPS) is 30.7. The Bertz CT molecular complexity index is 872. The van der Waals surface area contributed by atoms with Gasteiger partial charge in [0.1, 0.15) is 5.54 Å². The van der Waals surface area contributed by atoms with Crippen LogP contribution >= 0.6 is 0 Å². The van der Waals surface area contributed by atoms with Crippen molar-refractivity contribution in [3.8, 4) is 0 Å². The number of hydrogen-bond donors (Lipinski definition) is 3. The number of methoxy groups -OCH3 is 1. The van der Waals surface area contributed by atoms with Crippen LogP contribution in [0, 0.1) is 11.8 Å². The van der Waals surface area contributed by atoms with Gasteiger partial charge in [-0.05, 0) is 12.5 Å². The van der Waals surface area contributed by atoms with Gasteiger partial charge in [0.2, 0.25) is 23.6 Å². The number of hydrogen-bond acceptors (Lipinski definition) is 6. The molecule has 0 bridgehead atoms. The number of fused-ring (bicyclic) bond motifs is 4. The van der Waals surface area contributed by atoms with E-state index in [1.54, 1.807) is 31.4 Å². The first-order chi connectivity index (χ1) is 13.4. The van der Waals surface area contributed by atoms with E-state index >= 15 is 0 Å². The van der Waals surface area contributed by atoms with E-state index in [4.69, 9.17) is 10.5 Å². The molecule has 9 nitrogen and oxygen atoms in total. The first-order valence-electron chi connectivity index (χ1n) is 9.23. The summed E-state index contributed by atoms with van der Waals surface area (Å²) in [5.74, 6) is -3.51. The highest BCUT2D eigenvalue weighted by Gasteiger charge is 2.70. The molecule has 3 aliphatic heterocycles. The van der Waals surface area contributed by atoms with Gasteiger partial charge in [-0.2, -0.15) is 0 Å². The van der Waals surface area contributed by atoms with Gasteiger partial charge in [0.25, 0.3) is 0 Å². The topological polar surface area (TPSA) is 131 Å². The molecule has 4 amide bonds. The van der Waals surface area contributed by atoms with Crippen molar-refractivity contribution in [2.24, 2.45) is 17.6 Å². The van der Waals surface area contributed by atoms with Gasteiger partial charge in [0.15, 0.2) is 0 Å². The maximum Gasteiger partial charge on any atom is 0.250 e. The number of nitrogens with one attached hydrogen (secondary N) is 2. The number of carbonyl (C=O) groups excluding carboxylic acids is 4. The standard InChI is InChI=1S/C19H22N4O5/c1-28-8-4-7-23-16(25)14-12(9-13(20)24)22-19(15(14)17(23)26)10-5-2-3-6-11(10)21-18(19)27/h2-3,5-6,12,14-15,22H,4,7-9H2,1H3,(H2,20,24)(H,21,27). The van der Waals surface area contributed by atoms with Crippen molar-refractivity contribution in [3.05, 3.63) is 29.8 Å². The van der Waals surface area contributed by atoms with Gasteiger partial charge < -0.3 is 15.8 Å². The Morgan fingerprint density at radius 1 is 1.25 bits per heavy atom. The molecule has 28 heavy (non-hydrogen) atoms. The first-order valence-corrected chi connectivity index (χ1v) is 9.23. The Morgan fingerprint density at radius 3 is 2.71 bits per heavy atom. The number of nitrogens with zero attached hydrogens (tertiary/aromatic N) is 1. The van der Waals surface area contributed by atoms with Crippen LogP contribution in [0.3, 0.4) is 0 Å². The van der Waals surface area contributed by atoms with E-state index in [1.165, 1.54) is 4.90 Å². The lowest BCUT2D eigenvalue weighted by Crippen LogP contribution is -2.53. The summed E-state index contributed by atoms with van der Waals surface area (Å²) in [6.45, 7) is 0.616. The molecule has 1 spiro atoms. The molecule has 0 saturated carbocycles. The SMILES string of the molecule is COCCCN1C(=O)C2C(CC(N)=O)NC3(C(=O)Nc4ccccc43)C2C1=O. The number of rotatable bonds is 6. The Labute approximate surface area is 161 Å². The van der Waals surface area contributed by atoms with E-state index < -0.39 is 41.1 Å². The van der Waals surface area contributed by atoms with Crippen molar-refractivity contribution >= 4 is 29.3 Å². The third-order valence-electron chi connectivity index (χ3n) is 5.86. The number of primary amides is 1. The number of benzene rings is 1. The zero-order valence-corrected chi connectivity index (χ0v) is 15.4. The summed E-state index contributed by atoms with van der Waals surface area (Å²) in [6.07, 6.45) is 0.362. The highest BCUT2D eigenvalue weighted by Crippen LogP contribution is 2.53. The van der Waals surface area contributed by atoms with Gasteiger partial charge in [-0.25, -0.2) is 0 Å². The number of para-hydroxylation sites is 1. The lowest BCUT2D eigenvalue weighted by molar-refractivity contribution is -0.143. The van der Waals surface area contributed by atoms with Crippen LogP contribution < -0.4 is 16.4 Å². The molecular formula is C19H22N4O5. The van der Waals surface area contributed by atoms with Crippen LogP contribution in [0.2, 0.25) is 0 Å². The number of amides is 4.